The lowest BCUT2D eigenvalue weighted by Crippen LogP contribution is -2.16. The van der Waals surface area contributed by atoms with E-state index in [-0.39, 0.29) is 22.5 Å². The van der Waals surface area contributed by atoms with Gasteiger partial charge < -0.3 is 5.32 Å². The number of anilines is 1. The Balaban J connectivity index is 1.91. The topological polar surface area (TPSA) is 83.2 Å². The lowest BCUT2D eigenvalue weighted by atomic mass is 10.1. The van der Waals surface area contributed by atoms with Gasteiger partial charge in [0.25, 0.3) is 5.91 Å². The fourth-order valence-electron chi connectivity index (χ4n) is 1.75. The van der Waals surface area contributed by atoms with Crippen molar-refractivity contribution in [2.24, 2.45) is 15.2 Å². The predicted octanol–water partition coefficient (Wildman–Crippen LogP) is 2.84. The van der Waals surface area contributed by atoms with Crippen molar-refractivity contribution in [3.05, 3.63) is 41.6 Å². The number of aliphatic imine (C=N–C) groups is 1. The Morgan fingerprint density at radius 1 is 1.24 bits per heavy atom. The summed E-state index contributed by atoms with van der Waals surface area (Å²) < 4.78 is 0. The normalized spacial score (nSPS) is 14.1. The Kier molecular flexibility index (Phi) is 4.64. The molecule has 2 amide bonds. The van der Waals surface area contributed by atoms with Crippen LogP contribution in [-0.4, -0.2) is 22.7 Å². The molecule has 0 saturated heterocycles. The molecule has 0 spiro atoms. The van der Waals surface area contributed by atoms with E-state index in [1.807, 2.05) is 32.0 Å². The maximum absolute atomic E-state index is 11.9. The average molecular weight is 302 g/mol. The highest BCUT2D eigenvalue weighted by atomic mass is 32.2. The zero-order valence-corrected chi connectivity index (χ0v) is 12.5. The van der Waals surface area contributed by atoms with E-state index in [9.17, 15) is 9.59 Å². The van der Waals surface area contributed by atoms with Crippen LogP contribution in [0.5, 0.6) is 0 Å². The molecule has 6 nitrogen and oxygen atoms in total. The standard InChI is InChI=1S/C14H14N4O2S/c1-8-4-9(2)6-11(5-8)15-12(19)7-21-14-16-13(20)10(3)17-18-14/h4-6H,3,7H2,1-2H3,(H,15,19). The van der Waals surface area contributed by atoms with Gasteiger partial charge in [0, 0.05) is 5.69 Å². The van der Waals surface area contributed by atoms with Crippen molar-refractivity contribution < 1.29 is 9.59 Å². The fourth-order valence-corrected chi connectivity index (χ4v) is 2.33. The number of carbonyl (C=O) groups excluding carboxylic acids is 2. The summed E-state index contributed by atoms with van der Waals surface area (Å²) in [6.07, 6.45) is 0. The quantitative estimate of drug-likeness (QED) is 0.871. The Bertz CT molecular complexity index is 659. The van der Waals surface area contributed by atoms with Gasteiger partial charge in [0.15, 0.2) is 0 Å². The summed E-state index contributed by atoms with van der Waals surface area (Å²) in [6.45, 7) is 7.32. The number of benzene rings is 1. The predicted molar refractivity (Wildman–Crippen MR) is 83.4 cm³/mol. The molecule has 21 heavy (non-hydrogen) atoms. The Morgan fingerprint density at radius 3 is 2.52 bits per heavy atom. The molecule has 0 aliphatic carbocycles. The molecule has 2 rings (SSSR count). The molecule has 7 heteroatoms. The van der Waals surface area contributed by atoms with Crippen LogP contribution < -0.4 is 5.32 Å². The zero-order valence-electron chi connectivity index (χ0n) is 11.7. The second-order valence-electron chi connectivity index (χ2n) is 4.56. The van der Waals surface area contributed by atoms with E-state index in [4.69, 9.17) is 0 Å². The molecule has 1 aliphatic rings. The number of hydrogen-bond acceptors (Lipinski definition) is 5. The molecule has 0 radical (unpaired) electrons. The van der Waals surface area contributed by atoms with E-state index >= 15 is 0 Å². The molecule has 1 N–H and O–H groups in total. The molecule has 0 saturated carbocycles. The maximum atomic E-state index is 11.9. The van der Waals surface area contributed by atoms with Gasteiger partial charge >= 0.3 is 0 Å². The van der Waals surface area contributed by atoms with Crippen LogP contribution in [0.2, 0.25) is 0 Å². The first-order valence-electron chi connectivity index (χ1n) is 6.18. The summed E-state index contributed by atoms with van der Waals surface area (Å²) in [5, 5.41) is 10.2. The molecule has 1 aromatic carbocycles. The van der Waals surface area contributed by atoms with Crippen molar-refractivity contribution in [3.63, 3.8) is 0 Å². The first-order chi connectivity index (χ1) is 9.94. The smallest absolute Gasteiger partial charge is 0.299 e. The Morgan fingerprint density at radius 2 is 1.90 bits per heavy atom. The highest BCUT2D eigenvalue weighted by Crippen LogP contribution is 2.16. The van der Waals surface area contributed by atoms with Crippen LogP contribution in [0, 0.1) is 13.8 Å². The summed E-state index contributed by atoms with van der Waals surface area (Å²) in [6, 6.07) is 5.81. The van der Waals surface area contributed by atoms with E-state index in [1.54, 1.807) is 0 Å². The van der Waals surface area contributed by atoms with Gasteiger partial charge in [-0.05, 0) is 37.1 Å². The van der Waals surface area contributed by atoms with Gasteiger partial charge in [-0.1, -0.05) is 24.4 Å². The summed E-state index contributed by atoms with van der Waals surface area (Å²) in [4.78, 5) is 26.8. The highest BCUT2D eigenvalue weighted by Gasteiger charge is 2.14. The second kappa shape index (κ2) is 6.45. The largest absolute Gasteiger partial charge is 0.325 e. The van der Waals surface area contributed by atoms with Crippen molar-refractivity contribution in [2.45, 2.75) is 13.8 Å². The van der Waals surface area contributed by atoms with Crippen molar-refractivity contribution in [1.29, 1.82) is 0 Å². The number of amides is 2. The molecule has 0 fully saturated rings. The van der Waals surface area contributed by atoms with Crippen LogP contribution in [0.1, 0.15) is 11.1 Å². The van der Waals surface area contributed by atoms with Gasteiger partial charge in [0.05, 0.1) is 5.75 Å². The third-order valence-electron chi connectivity index (χ3n) is 2.54. The minimum atomic E-state index is -0.526. The molecular formula is C14H14N4O2S. The van der Waals surface area contributed by atoms with Crippen molar-refractivity contribution in [1.82, 2.24) is 0 Å². The zero-order chi connectivity index (χ0) is 15.4. The number of aryl methyl sites for hydroxylation is 2. The van der Waals surface area contributed by atoms with E-state index in [0.29, 0.717) is 0 Å². The number of thioether (sulfide) groups is 1. The Labute approximate surface area is 126 Å². The first kappa shape index (κ1) is 15.1. The number of carbonyl (C=O) groups is 2. The molecule has 0 atom stereocenters. The monoisotopic (exact) mass is 302 g/mol. The number of azo groups is 1. The number of hydrogen-bond donors (Lipinski definition) is 1. The number of amidine groups is 1. The third-order valence-corrected chi connectivity index (χ3v) is 3.38. The molecule has 1 aromatic rings. The van der Waals surface area contributed by atoms with Gasteiger partial charge in [-0.25, -0.2) is 0 Å². The van der Waals surface area contributed by atoms with Gasteiger partial charge in [-0.2, -0.15) is 4.99 Å². The lowest BCUT2D eigenvalue weighted by molar-refractivity contribution is -0.115. The average Bonchev–Trinajstić information content (AvgIpc) is 2.39. The van der Waals surface area contributed by atoms with Crippen LogP contribution in [-0.2, 0) is 9.59 Å². The molecular weight excluding hydrogens is 288 g/mol. The molecule has 0 aromatic heterocycles. The Hall–Kier alpha value is -2.28. The van der Waals surface area contributed by atoms with Gasteiger partial charge in [0.2, 0.25) is 11.1 Å². The molecule has 0 unspecified atom stereocenters. The SMILES string of the molecule is C=C1N=NC(SCC(=O)Nc2cc(C)cc(C)c2)=NC1=O. The number of rotatable bonds is 3. The summed E-state index contributed by atoms with van der Waals surface area (Å²) in [5.41, 5.74) is 2.90. The van der Waals surface area contributed by atoms with Gasteiger partial charge in [0.1, 0.15) is 5.70 Å². The fraction of sp³-hybridized carbons (Fsp3) is 0.214. The van der Waals surface area contributed by atoms with E-state index in [2.05, 4.69) is 27.1 Å². The van der Waals surface area contributed by atoms with Gasteiger partial charge in [-0.15, -0.1) is 10.2 Å². The summed E-state index contributed by atoms with van der Waals surface area (Å²) in [7, 11) is 0. The molecule has 0 bridgehead atoms. The highest BCUT2D eigenvalue weighted by molar-refractivity contribution is 8.14. The molecule has 108 valence electrons. The summed E-state index contributed by atoms with van der Waals surface area (Å²) in [5.74, 6) is -0.619. The van der Waals surface area contributed by atoms with Crippen LogP contribution in [0.4, 0.5) is 5.69 Å². The van der Waals surface area contributed by atoms with Crippen molar-refractivity contribution in [2.75, 3.05) is 11.1 Å². The minimum absolute atomic E-state index is 0.000891. The van der Waals surface area contributed by atoms with Crippen molar-refractivity contribution in [3.8, 4) is 0 Å². The summed E-state index contributed by atoms with van der Waals surface area (Å²) >= 11 is 1.05. The minimum Gasteiger partial charge on any atom is -0.325 e. The second-order valence-corrected chi connectivity index (χ2v) is 5.50. The third kappa shape index (κ3) is 4.35. The van der Waals surface area contributed by atoms with E-state index in [0.717, 1.165) is 28.6 Å². The van der Waals surface area contributed by atoms with Crippen LogP contribution in [0.25, 0.3) is 0 Å². The van der Waals surface area contributed by atoms with Crippen molar-refractivity contribution >= 4 is 34.4 Å². The number of nitrogens with zero attached hydrogens (tertiary/aromatic N) is 3. The lowest BCUT2D eigenvalue weighted by Gasteiger charge is -2.08. The molecule has 1 heterocycles. The van der Waals surface area contributed by atoms with Crippen LogP contribution in [0.15, 0.2) is 45.7 Å². The van der Waals surface area contributed by atoms with E-state index in [1.165, 1.54) is 0 Å². The molecule has 1 aliphatic heterocycles. The van der Waals surface area contributed by atoms with Gasteiger partial charge in [-0.3, -0.25) is 9.59 Å². The first-order valence-corrected chi connectivity index (χ1v) is 7.17. The van der Waals surface area contributed by atoms with E-state index < -0.39 is 5.91 Å². The maximum Gasteiger partial charge on any atom is 0.299 e. The van der Waals surface area contributed by atoms with Crippen LogP contribution in [0.3, 0.4) is 0 Å². The van der Waals surface area contributed by atoms with Crippen LogP contribution >= 0.6 is 11.8 Å². The number of nitrogens with one attached hydrogen (secondary N) is 1.